The van der Waals surface area contributed by atoms with Gasteiger partial charge in [0.05, 0.1) is 5.56 Å². The first kappa shape index (κ1) is 21.7. The average Bonchev–Trinajstić information content (AvgIpc) is 3.14. The Bertz CT molecular complexity index is 1130. The van der Waals surface area contributed by atoms with Gasteiger partial charge in [-0.3, -0.25) is 4.98 Å². The van der Waals surface area contributed by atoms with E-state index in [9.17, 15) is 14.7 Å². The van der Waals surface area contributed by atoms with Crippen molar-refractivity contribution in [3.05, 3.63) is 95.3 Å². The van der Waals surface area contributed by atoms with Gasteiger partial charge in [0.1, 0.15) is 12.4 Å². The number of cyclic esters (lactones) is 1. The number of pyridine rings is 1. The van der Waals surface area contributed by atoms with Crippen LogP contribution in [0.1, 0.15) is 47.4 Å². The van der Waals surface area contributed by atoms with Crippen LogP contribution in [0.4, 0.5) is 0 Å². The van der Waals surface area contributed by atoms with Crippen molar-refractivity contribution in [3.63, 3.8) is 0 Å². The minimum atomic E-state index is -1.82. The highest BCUT2D eigenvalue weighted by atomic mass is 16.6. The molecule has 3 aromatic rings. The number of aliphatic hydroxyl groups is 1. The monoisotopic (exact) mass is 431 g/mol. The second kappa shape index (κ2) is 8.55. The Balaban J connectivity index is 1.62. The third kappa shape index (κ3) is 4.55. The summed E-state index contributed by atoms with van der Waals surface area (Å²) in [5.41, 5.74) is 0.363. The van der Waals surface area contributed by atoms with Crippen molar-refractivity contribution in [1.29, 1.82) is 0 Å². The lowest BCUT2D eigenvalue weighted by molar-refractivity contribution is -0.157. The normalized spacial score (nSPS) is 14.9. The molecule has 1 aliphatic heterocycles. The molecular weight excluding hydrogens is 406 g/mol. The highest BCUT2D eigenvalue weighted by molar-refractivity contribution is 5.93. The zero-order valence-corrected chi connectivity index (χ0v) is 18.1. The maximum Gasteiger partial charge on any atom is 0.343 e. The molecule has 0 aliphatic carbocycles. The van der Waals surface area contributed by atoms with E-state index in [1.807, 2.05) is 50.2 Å². The van der Waals surface area contributed by atoms with Crippen LogP contribution in [0.15, 0.2) is 72.9 Å². The summed E-state index contributed by atoms with van der Waals surface area (Å²) in [7, 11) is 0. The number of esters is 2. The minimum absolute atomic E-state index is 0.00940. The number of carbonyl (C=O) groups excluding carboxylic acids is 2. The molecule has 0 amide bonds. The summed E-state index contributed by atoms with van der Waals surface area (Å²) in [5.74, 6) is -0.907. The fraction of sp³-hybridized carbons (Fsp3) is 0.269. The summed E-state index contributed by atoms with van der Waals surface area (Å²) in [5, 5.41) is 11.6. The summed E-state index contributed by atoms with van der Waals surface area (Å²) < 4.78 is 10.6. The number of hydrogen-bond acceptors (Lipinski definition) is 6. The van der Waals surface area contributed by atoms with Gasteiger partial charge in [-0.05, 0) is 47.7 Å². The molecule has 1 atom stereocenters. The molecule has 0 fully saturated rings. The van der Waals surface area contributed by atoms with Gasteiger partial charge in [0.15, 0.2) is 5.60 Å². The van der Waals surface area contributed by atoms with Crippen LogP contribution in [0.25, 0.3) is 0 Å². The maximum absolute atomic E-state index is 13.3. The van der Waals surface area contributed by atoms with E-state index >= 15 is 0 Å². The lowest BCUT2D eigenvalue weighted by atomic mass is 9.74. The van der Waals surface area contributed by atoms with E-state index in [4.69, 9.17) is 9.47 Å². The van der Waals surface area contributed by atoms with Gasteiger partial charge in [-0.15, -0.1) is 0 Å². The van der Waals surface area contributed by atoms with Crippen molar-refractivity contribution < 1.29 is 24.2 Å². The van der Waals surface area contributed by atoms with Gasteiger partial charge >= 0.3 is 11.9 Å². The molecule has 6 heteroatoms. The van der Waals surface area contributed by atoms with Gasteiger partial charge < -0.3 is 14.6 Å². The molecule has 1 aromatic heterocycles. The van der Waals surface area contributed by atoms with Crippen molar-refractivity contribution in [1.82, 2.24) is 4.98 Å². The Kier molecular flexibility index (Phi) is 5.80. The van der Waals surface area contributed by atoms with Crippen molar-refractivity contribution in [2.45, 2.75) is 44.3 Å². The molecule has 0 saturated heterocycles. The second-order valence-corrected chi connectivity index (χ2v) is 8.74. The number of ether oxygens (including phenoxy) is 2. The van der Waals surface area contributed by atoms with Crippen LogP contribution < -0.4 is 4.74 Å². The fourth-order valence-electron chi connectivity index (χ4n) is 4.11. The molecule has 0 saturated carbocycles. The zero-order valence-electron chi connectivity index (χ0n) is 18.1. The Labute approximate surface area is 186 Å². The van der Waals surface area contributed by atoms with Gasteiger partial charge in [-0.25, -0.2) is 9.59 Å². The lowest BCUT2D eigenvalue weighted by Gasteiger charge is -2.35. The number of fused-ring (bicyclic) bond motifs is 1. The van der Waals surface area contributed by atoms with Crippen molar-refractivity contribution >= 4 is 11.9 Å². The molecule has 2 aromatic carbocycles. The first-order valence-corrected chi connectivity index (χ1v) is 10.5. The standard InChI is InChI=1S/C26H25NO5/c1-25(2,19-8-4-3-5-9-19)17-26(30,15-20-10-6-7-13-27-20)24(29)32-21-11-12-22-18(14-21)16-31-23(22)28/h3-14,30H,15-17H2,1-2H3. The van der Waals surface area contributed by atoms with Crippen LogP contribution >= 0.6 is 0 Å². The van der Waals surface area contributed by atoms with E-state index in [1.165, 1.54) is 6.07 Å². The van der Waals surface area contributed by atoms with Gasteiger partial charge in [0.25, 0.3) is 0 Å². The molecule has 1 N–H and O–H groups in total. The molecular formula is C26H25NO5. The van der Waals surface area contributed by atoms with E-state index in [-0.39, 0.29) is 25.2 Å². The number of nitrogens with zero attached hydrogens (tertiary/aromatic N) is 1. The molecule has 164 valence electrons. The Morgan fingerprint density at radius 2 is 1.84 bits per heavy atom. The number of carbonyl (C=O) groups is 2. The van der Waals surface area contributed by atoms with Gasteiger partial charge in [0, 0.05) is 23.9 Å². The highest BCUT2D eigenvalue weighted by Crippen LogP contribution is 2.35. The first-order chi connectivity index (χ1) is 15.3. The van der Waals surface area contributed by atoms with E-state index < -0.39 is 23.0 Å². The predicted octanol–water partition coefficient (Wildman–Crippen LogP) is 4.00. The molecule has 4 rings (SSSR count). The topological polar surface area (TPSA) is 85.7 Å². The Morgan fingerprint density at radius 3 is 2.56 bits per heavy atom. The zero-order chi connectivity index (χ0) is 22.8. The molecule has 32 heavy (non-hydrogen) atoms. The van der Waals surface area contributed by atoms with E-state index in [1.54, 1.807) is 30.5 Å². The number of rotatable bonds is 7. The quantitative estimate of drug-likeness (QED) is 0.450. The summed E-state index contributed by atoms with van der Waals surface area (Å²) >= 11 is 0. The predicted molar refractivity (Wildman–Crippen MR) is 118 cm³/mol. The Morgan fingerprint density at radius 1 is 1.09 bits per heavy atom. The Hall–Kier alpha value is -3.51. The maximum atomic E-state index is 13.3. The molecule has 0 spiro atoms. The van der Waals surface area contributed by atoms with Crippen LogP contribution in [0.2, 0.25) is 0 Å². The summed E-state index contributed by atoms with van der Waals surface area (Å²) in [4.78, 5) is 29.3. The van der Waals surface area contributed by atoms with E-state index in [0.29, 0.717) is 16.8 Å². The second-order valence-electron chi connectivity index (χ2n) is 8.74. The van der Waals surface area contributed by atoms with Crippen LogP contribution in [0.3, 0.4) is 0 Å². The van der Waals surface area contributed by atoms with Crippen molar-refractivity contribution in [2.75, 3.05) is 0 Å². The molecule has 0 bridgehead atoms. The van der Waals surface area contributed by atoms with Crippen LogP contribution in [0.5, 0.6) is 5.75 Å². The summed E-state index contributed by atoms with van der Waals surface area (Å²) in [6, 6.07) is 19.8. The van der Waals surface area contributed by atoms with E-state index in [0.717, 1.165) is 5.56 Å². The van der Waals surface area contributed by atoms with E-state index in [2.05, 4.69) is 4.98 Å². The average molecular weight is 431 g/mol. The molecule has 1 aliphatic rings. The van der Waals surface area contributed by atoms with Crippen LogP contribution in [0, 0.1) is 0 Å². The van der Waals surface area contributed by atoms with Crippen molar-refractivity contribution in [3.8, 4) is 5.75 Å². The molecule has 2 heterocycles. The molecule has 0 radical (unpaired) electrons. The highest BCUT2D eigenvalue weighted by Gasteiger charge is 2.44. The number of benzene rings is 2. The van der Waals surface area contributed by atoms with Crippen LogP contribution in [-0.2, 0) is 28.0 Å². The minimum Gasteiger partial charge on any atom is -0.457 e. The summed E-state index contributed by atoms with van der Waals surface area (Å²) in [6.07, 6.45) is 1.77. The first-order valence-electron chi connectivity index (χ1n) is 10.5. The largest absolute Gasteiger partial charge is 0.457 e. The smallest absolute Gasteiger partial charge is 0.343 e. The summed E-state index contributed by atoms with van der Waals surface area (Å²) in [6.45, 7) is 4.10. The van der Waals surface area contributed by atoms with Gasteiger partial charge in [-0.2, -0.15) is 0 Å². The SMILES string of the molecule is CC(C)(CC(O)(Cc1ccccn1)C(=O)Oc1ccc2c(c1)COC2=O)c1ccccc1. The van der Waals surface area contributed by atoms with Crippen molar-refractivity contribution in [2.24, 2.45) is 0 Å². The third-order valence-electron chi connectivity index (χ3n) is 5.74. The number of aromatic nitrogens is 1. The van der Waals surface area contributed by atoms with Gasteiger partial charge in [-0.1, -0.05) is 50.2 Å². The lowest BCUT2D eigenvalue weighted by Crippen LogP contribution is -2.48. The number of hydrogen-bond donors (Lipinski definition) is 1. The third-order valence-corrected chi connectivity index (χ3v) is 5.74. The van der Waals surface area contributed by atoms with Crippen LogP contribution in [-0.4, -0.2) is 27.6 Å². The van der Waals surface area contributed by atoms with Gasteiger partial charge in [0.2, 0.25) is 0 Å². The fourth-order valence-corrected chi connectivity index (χ4v) is 4.11. The molecule has 1 unspecified atom stereocenters. The molecule has 6 nitrogen and oxygen atoms in total.